The molecule has 2 aromatic carbocycles. The van der Waals surface area contributed by atoms with Crippen LogP contribution in [0.5, 0.6) is 0 Å². The summed E-state index contributed by atoms with van der Waals surface area (Å²) >= 11 is 0. The Balaban J connectivity index is 1.76. The Morgan fingerprint density at radius 3 is 2.30 bits per heavy atom. The Morgan fingerprint density at radius 1 is 1.15 bits per heavy atom. The van der Waals surface area contributed by atoms with Gasteiger partial charge in [0.1, 0.15) is 0 Å². The first kappa shape index (κ1) is 19.5. The van der Waals surface area contributed by atoms with Crippen LogP contribution in [-0.2, 0) is 32.4 Å². The van der Waals surface area contributed by atoms with Crippen LogP contribution >= 0.6 is 0 Å². The van der Waals surface area contributed by atoms with E-state index in [0.717, 1.165) is 0 Å². The van der Waals surface area contributed by atoms with E-state index in [1.165, 1.54) is 24.1 Å². The molecule has 0 radical (unpaired) electrons. The van der Waals surface area contributed by atoms with Crippen LogP contribution in [0.3, 0.4) is 0 Å². The zero-order chi connectivity index (χ0) is 19.7. The Morgan fingerprint density at radius 2 is 1.78 bits per heavy atom. The number of fused-ring (bicyclic) bond motifs is 1. The van der Waals surface area contributed by atoms with Crippen molar-refractivity contribution in [2.24, 2.45) is 0 Å². The van der Waals surface area contributed by atoms with Crippen LogP contribution in [0.4, 0.5) is 5.69 Å². The highest BCUT2D eigenvalue weighted by Gasteiger charge is 2.38. The lowest BCUT2D eigenvalue weighted by Crippen LogP contribution is -2.45. The molecule has 0 bridgehead atoms. The predicted molar refractivity (Wildman–Crippen MR) is 104 cm³/mol. The SMILES string of the molecule is COC1(CNS(=O)(=O)c2ccc(NC(C)=O)cc2C)Cc2ccccc2C1. The normalized spacial score (nSPS) is 15.4. The molecule has 1 aliphatic carbocycles. The zero-order valence-corrected chi connectivity index (χ0v) is 16.5. The largest absolute Gasteiger partial charge is 0.376 e. The molecular weight excluding hydrogens is 364 g/mol. The molecule has 0 atom stereocenters. The number of amides is 1. The van der Waals surface area contributed by atoms with Crippen LogP contribution in [0.25, 0.3) is 0 Å². The van der Waals surface area contributed by atoms with Crippen molar-refractivity contribution < 1.29 is 17.9 Å². The Kier molecular flexibility index (Phi) is 5.37. The minimum absolute atomic E-state index is 0.188. The molecule has 144 valence electrons. The van der Waals surface area contributed by atoms with Crippen molar-refractivity contribution in [3.63, 3.8) is 0 Å². The molecule has 7 heteroatoms. The number of anilines is 1. The topological polar surface area (TPSA) is 84.5 Å². The van der Waals surface area contributed by atoms with E-state index in [1.54, 1.807) is 26.2 Å². The summed E-state index contributed by atoms with van der Waals surface area (Å²) in [5.41, 5.74) is 2.93. The lowest BCUT2D eigenvalue weighted by atomic mass is 10.0. The number of aryl methyl sites for hydroxylation is 1. The van der Waals surface area contributed by atoms with Crippen molar-refractivity contribution in [3.05, 3.63) is 59.2 Å². The number of hydrogen-bond donors (Lipinski definition) is 2. The number of carbonyl (C=O) groups is 1. The zero-order valence-electron chi connectivity index (χ0n) is 15.7. The molecule has 1 amide bonds. The van der Waals surface area contributed by atoms with Gasteiger partial charge in [0.2, 0.25) is 15.9 Å². The van der Waals surface area contributed by atoms with Gasteiger partial charge >= 0.3 is 0 Å². The Hall–Kier alpha value is -2.22. The van der Waals surface area contributed by atoms with Crippen molar-refractivity contribution in [2.45, 2.75) is 37.2 Å². The van der Waals surface area contributed by atoms with Crippen LogP contribution in [0.2, 0.25) is 0 Å². The number of rotatable bonds is 6. The van der Waals surface area contributed by atoms with Crippen LogP contribution in [0, 0.1) is 6.92 Å². The van der Waals surface area contributed by atoms with Crippen molar-refractivity contribution >= 4 is 21.6 Å². The molecule has 0 heterocycles. The van der Waals surface area contributed by atoms with Gasteiger partial charge < -0.3 is 10.1 Å². The quantitative estimate of drug-likeness (QED) is 0.796. The summed E-state index contributed by atoms with van der Waals surface area (Å²) in [7, 11) is -2.08. The van der Waals surface area contributed by atoms with E-state index in [9.17, 15) is 13.2 Å². The summed E-state index contributed by atoms with van der Waals surface area (Å²) in [4.78, 5) is 11.4. The minimum Gasteiger partial charge on any atom is -0.376 e. The van der Waals surface area contributed by atoms with Crippen molar-refractivity contribution in [3.8, 4) is 0 Å². The third kappa shape index (κ3) is 4.21. The van der Waals surface area contributed by atoms with Crippen molar-refractivity contribution in [1.82, 2.24) is 4.72 Å². The highest BCUT2D eigenvalue weighted by Crippen LogP contribution is 2.32. The standard InChI is InChI=1S/C20H24N2O4S/c1-14-10-18(22-15(2)23)8-9-19(14)27(24,25)21-13-20(26-3)11-16-6-4-5-7-17(16)12-20/h4-10,21H,11-13H2,1-3H3,(H,22,23). The second-order valence-electron chi connectivity index (χ2n) is 7.00. The maximum atomic E-state index is 12.8. The molecule has 0 aliphatic heterocycles. The van der Waals surface area contributed by atoms with Crippen molar-refractivity contribution in [2.75, 3.05) is 19.0 Å². The monoisotopic (exact) mass is 388 g/mol. The average Bonchev–Trinajstić information content (AvgIpc) is 2.99. The maximum Gasteiger partial charge on any atom is 0.240 e. The van der Waals surface area contributed by atoms with Crippen LogP contribution in [0.15, 0.2) is 47.4 Å². The van der Waals surface area contributed by atoms with Crippen LogP contribution < -0.4 is 10.0 Å². The summed E-state index contributed by atoms with van der Waals surface area (Å²) in [5.74, 6) is -0.203. The third-order valence-electron chi connectivity index (χ3n) is 4.95. The fourth-order valence-electron chi connectivity index (χ4n) is 3.54. The number of carbonyl (C=O) groups excluding carboxylic acids is 1. The maximum absolute atomic E-state index is 12.8. The van der Waals surface area contributed by atoms with Crippen molar-refractivity contribution in [1.29, 1.82) is 0 Å². The molecule has 0 unspecified atom stereocenters. The van der Waals surface area contributed by atoms with E-state index in [0.29, 0.717) is 24.1 Å². The lowest BCUT2D eigenvalue weighted by molar-refractivity contribution is -0.114. The van der Waals surface area contributed by atoms with Gasteiger partial charge in [0, 0.05) is 39.1 Å². The van der Waals surface area contributed by atoms with E-state index in [-0.39, 0.29) is 17.3 Å². The van der Waals surface area contributed by atoms with Gasteiger partial charge in [-0.25, -0.2) is 13.1 Å². The Bertz CT molecular complexity index is 945. The molecule has 2 aromatic rings. The molecule has 0 saturated heterocycles. The van der Waals surface area contributed by atoms with E-state index < -0.39 is 15.6 Å². The van der Waals surface area contributed by atoms with Gasteiger partial charge in [0.15, 0.2) is 0 Å². The van der Waals surface area contributed by atoms with Gasteiger partial charge in [-0.3, -0.25) is 4.79 Å². The molecule has 27 heavy (non-hydrogen) atoms. The van der Waals surface area contributed by atoms with Gasteiger partial charge in [-0.05, 0) is 41.8 Å². The molecule has 6 nitrogen and oxygen atoms in total. The average molecular weight is 388 g/mol. The number of ether oxygens (including phenoxy) is 1. The van der Waals surface area contributed by atoms with E-state index in [1.807, 2.05) is 12.1 Å². The molecule has 1 aliphatic rings. The highest BCUT2D eigenvalue weighted by molar-refractivity contribution is 7.89. The number of methoxy groups -OCH3 is 1. The lowest BCUT2D eigenvalue weighted by Gasteiger charge is -2.28. The second-order valence-corrected chi connectivity index (χ2v) is 8.73. The summed E-state index contributed by atoms with van der Waals surface area (Å²) < 4.78 is 34.1. The van der Waals surface area contributed by atoms with Crippen LogP contribution in [0.1, 0.15) is 23.6 Å². The molecular formula is C20H24N2O4S. The molecule has 0 saturated carbocycles. The summed E-state index contributed by atoms with van der Waals surface area (Å²) in [6.07, 6.45) is 1.34. The van der Waals surface area contributed by atoms with Gasteiger partial charge in [-0.15, -0.1) is 0 Å². The first-order chi connectivity index (χ1) is 12.7. The molecule has 0 fully saturated rings. The minimum atomic E-state index is -3.70. The molecule has 0 aromatic heterocycles. The predicted octanol–water partition coefficient (Wildman–Crippen LogP) is 2.42. The van der Waals surface area contributed by atoms with E-state index >= 15 is 0 Å². The van der Waals surface area contributed by atoms with Gasteiger partial charge in [-0.1, -0.05) is 24.3 Å². The molecule has 0 spiro atoms. The third-order valence-corrected chi connectivity index (χ3v) is 6.51. The first-order valence-electron chi connectivity index (χ1n) is 8.74. The number of hydrogen-bond acceptors (Lipinski definition) is 4. The number of nitrogens with one attached hydrogen (secondary N) is 2. The molecule has 2 N–H and O–H groups in total. The van der Waals surface area contributed by atoms with E-state index in [4.69, 9.17) is 4.74 Å². The summed E-state index contributed by atoms with van der Waals surface area (Å²) in [6, 6.07) is 12.8. The van der Waals surface area contributed by atoms with Gasteiger partial charge in [0.25, 0.3) is 0 Å². The highest BCUT2D eigenvalue weighted by atomic mass is 32.2. The van der Waals surface area contributed by atoms with Gasteiger partial charge in [0.05, 0.1) is 10.5 Å². The van der Waals surface area contributed by atoms with Gasteiger partial charge in [-0.2, -0.15) is 0 Å². The number of sulfonamides is 1. The number of benzene rings is 2. The van der Waals surface area contributed by atoms with Crippen LogP contribution in [-0.4, -0.2) is 33.6 Å². The fraction of sp³-hybridized carbons (Fsp3) is 0.350. The molecule has 3 rings (SSSR count). The smallest absolute Gasteiger partial charge is 0.240 e. The summed E-state index contributed by atoms with van der Waals surface area (Å²) in [6.45, 7) is 3.30. The summed E-state index contributed by atoms with van der Waals surface area (Å²) in [5, 5.41) is 2.65. The van der Waals surface area contributed by atoms with E-state index in [2.05, 4.69) is 22.2 Å². The first-order valence-corrected chi connectivity index (χ1v) is 10.2. The fourth-order valence-corrected chi connectivity index (χ4v) is 4.88. The second kappa shape index (κ2) is 7.42. The Labute approximate surface area is 160 Å².